The standard InChI is InChI=1S/C13H20N2O5S/c1-9-7-11(16)10(13(17)18)8-12(9)21(19,20)14-5-4-6-15(2)3/h7-8,14,16H,4-6H2,1-3H3,(H,17,18). The van der Waals surface area contributed by atoms with E-state index < -0.39 is 27.3 Å². The lowest BCUT2D eigenvalue weighted by Crippen LogP contribution is -2.28. The monoisotopic (exact) mass is 316 g/mol. The van der Waals surface area contributed by atoms with Crippen molar-refractivity contribution >= 4 is 16.0 Å². The van der Waals surface area contributed by atoms with E-state index >= 15 is 0 Å². The molecule has 21 heavy (non-hydrogen) atoms. The van der Waals surface area contributed by atoms with Crippen LogP contribution >= 0.6 is 0 Å². The minimum absolute atomic E-state index is 0.137. The molecule has 0 atom stereocenters. The van der Waals surface area contributed by atoms with E-state index in [2.05, 4.69) is 4.72 Å². The summed E-state index contributed by atoms with van der Waals surface area (Å²) in [6.45, 7) is 2.49. The zero-order valence-electron chi connectivity index (χ0n) is 12.3. The molecule has 0 aliphatic heterocycles. The van der Waals surface area contributed by atoms with Gasteiger partial charge in [-0.25, -0.2) is 17.9 Å². The minimum Gasteiger partial charge on any atom is -0.507 e. The number of phenols is 1. The Bertz CT molecular complexity index is 626. The third-order valence-electron chi connectivity index (χ3n) is 2.89. The third kappa shape index (κ3) is 4.69. The average molecular weight is 316 g/mol. The van der Waals surface area contributed by atoms with Gasteiger partial charge in [0, 0.05) is 6.54 Å². The van der Waals surface area contributed by atoms with Gasteiger partial charge < -0.3 is 15.1 Å². The van der Waals surface area contributed by atoms with Gasteiger partial charge in [0.2, 0.25) is 10.0 Å². The van der Waals surface area contributed by atoms with Gasteiger partial charge in [0.15, 0.2) is 0 Å². The van der Waals surface area contributed by atoms with Crippen LogP contribution in [0.15, 0.2) is 17.0 Å². The molecule has 0 amide bonds. The van der Waals surface area contributed by atoms with Crippen LogP contribution in [0, 0.1) is 6.92 Å². The molecule has 3 N–H and O–H groups in total. The van der Waals surface area contributed by atoms with E-state index in [1.807, 2.05) is 19.0 Å². The average Bonchev–Trinajstić information content (AvgIpc) is 2.33. The molecule has 1 rings (SSSR count). The number of sulfonamides is 1. The van der Waals surface area contributed by atoms with Gasteiger partial charge in [0.05, 0.1) is 4.90 Å². The molecule has 0 aromatic heterocycles. The molecular weight excluding hydrogens is 296 g/mol. The molecule has 7 nitrogen and oxygen atoms in total. The van der Waals surface area contributed by atoms with Gasteiger partial charge in [0.1, 0.15) is 11.3 Å². The van der Waals surface area contributed by atoms with Gasteiger partial charge >= 0.3 is 5.97 Å². The first-order valence-electron chi connectivity index (χ1n) is 6.36. The zero-order valence-corrected chi connectivity index (χ0v) is 13.1. The number of carbonyl (C=O) groups is 1. The number of rotatable bonds is 7. The lowest BCUT2D eigenvalue weighted by Gasteiger charge is -2.12. The molecular formula is C13H20N2O5S. The fourth-order valence-corrected chi connectivity index (χ4v) is 3.14. The summed E-state index contributed by atoms with van der Waals surface area (Å²) < 4.78 is 26.8. The third-order valence-corrected chi connectivity index (χ3v) is 4.49. The van der Waals surface area contributed by atoms with Crippen molar-refractivity contribution in [1.82, 2.24) is 9.62 Å². The Kier molecular flexibility index (Phi) is 5.70. The predicted octanol–water partition coefficient (Wildman–Crippen LogP) is 0.629. The van der Waals surface area contributed by atoms with Crippen molar-refractivity contribution in [3.05, 3.63) is 23.3 Å². The van der Waals surface area contributed by atoms with Gasteiger partial charge in [-0.15, -0.1) is 0 Å². The molecule has 8 heteroatoms. The van der Waals surface area contributed by atoms with Crippen LogP contribution < -0.4 is 4.72 Å². The number of aromatic hydroxyl groups is 1. The number of nitrogens with zero attached hydrogens (tertiary/aromatic N) is 1. The fraction of sp³-hybridized carbons (Fsp3) is 0.462. The van der Waals surface area contributed by atoms with Gasteiger partial charge in [-0.1, -0.05) is 0 Å². The van der Waals surface area contributed by atoms with E-state index in [9.17, 15) is 18.3 Å². The highest BCUT2D eigenvalue weighted by molar-refractivity contribution is 7.89. The Morgan fingerprint density at radius 1 is 1.33 bits per heavy atom. The van der Waals surface area contributed by atoms with Gasteiger partial charge in [0.25, 0.3) is 0 Å². The highest BCUT2D eigenvalue weighted by atomic mass is 32.2. The zero-order chi connectivity index (χ0) is 16.2. The van der Waals surface area contributed by atoms with Gasteiger partial charge in [-0.3, -0.25) is 0 Å². The molecule has 0 fully saturated rings. The van der Waals surface area contributed by atoms with Crippen LogP contribution in [0.4, 0.5) is 0 Å². The normalized spacial score (nSPS) is 11.8. The fourth-order valence-electron chi connectivity index (χ4n) is 1.81. The maximum atomic E-state index is 12.2. The summed E-state index contributed by atoms with van der Waals surface area (Å²) in [7, 11) is -0.0313. The van der Waals surface area contributed by atoms with E-state index in [0.717, 1.165) is 18.7 Å². The summed E-state index contributed by atoms with van der Waals surface area (Å²) in [6, 6.07) is 2.11. The Morgan fingerprint density at radius 3 is 2.48 bits per heavy atom. The van der Waals surface area contributed by atoms with Crippen molar-refractivity contribution in [3.8, 4) is 5.75 Å². The first-order valence-corrected chi connectivity index (χ1v) is 7.84. The van der Waals surface area contributed by atoms with E-state index in [4.69, 9.17) is 5.11 Å². The maximum absolute atomic E-state index is 12.2. The lowest BCUT2D eigenvalue weighted by atomic mass is 10.1. The quantitative estimate of drug-likeness (QED) is 0.637. The molecule has 0 radical (unpaired) electrons. The van der Waals surface area contributed by atoms with Crippen LogP contribution in [0.5, 0.6) is 5.75 Å². The molecule has 0 unspecified atom stereocenters. The molecule has 0 aliphatic carbocycles. The summed E-state index contributed by atoms with van der Waals surface area (Å²) in [5.74, 6) is -1.83. The number of benzene rings is 1. The van der Waals surface area contributed by atoms with Gasteiger partial charge in [-0.05, 0) is 51.7 Å². The van der Waals surface area contributed by atoms with Crippen LogP contribution in [0.25, 0.3) is 0 Å². The van der Waals surface area contributed by atoms with E-state index in [1.165, 1.54) is 6.92 Å². The van der Waals surface area contributed by atoms with Crippen molar-refractivity contribution in [3.63, 3.8) is 0 Å². The second-order valence-electron chi connectivity index (χ2n) is 4.99. The molecule has 0 aliphatic rings. The predicted molar refractivity (Wildman–Crippen MR) is 78.2 cm³/mol. The Morgan fingerprint density at radius 2 is 1.95 bits per heavy atom. The van der Waals surface area contributed by atoms with E-state index in [1.54, 1.807) is 0 Å². The van der Waals surface area contributed by atoms with Crippen LogP contribution in [-0.2, 0) is 10.0 Å². The molecule has 118 valence electrons. The molecule has 0 saturated heterocycles. The van der Waals surface area contributed by atoms with Crippen LogP contribution in [0.1, 0.15) is 22.3 Å². The largest absolute Gasteiger partial charge is 0.507 e. The summed E-state index contributed by atoms with van der Waals surface area (Å²) >= 11 is 0. The number of aryl methyl sites for hydroxylation is 1. The highest BCUT2D eigenvalue weighted by Crippen LogP contribution is 2.25. The Labute approximate surface area is 124 Å². The number of carboxylic acid groups (broad SMARTS) is 1. The molecule has 0 spiro atoms. The second-order valence-corrected chi connectivity index (χ2v) is 6.73. The van der Waals surface area contributed by atoms with Crippen LogP contribution in [0.2, 0.25) is 0 Å². The molecule has 0 saturated carbocycles. The first-order chi connectivity index (χ1) is 9.65. The number of carboxylic acids is 1. The summed E-state index contributed by atoms with van der Waals surface area (Å²) in [5, 5.41) is 18.5. The van der Waals surface area contributed by atoms with Gasteiger partial charge in [-0.2, -0.15) is 0 Å². The maximum Gasteiger partial charge on any atom is 0.339 e. The second kappa shape index (κ2) is 6.88. The summed E-state index contributed by atoms with van der Waals surface area (Å²) in [6.07, 6.45) is 0.634. The van der Waals surface area contributed by atoms with Crippen molar-refractivity contribution in [2.75, 3.05) is 27.2 Å². The minimum atomic E-state index is -3.80. The number of nitrogens with one attached hydrogen (secondary N) is 1. The van der Waals surface area contributed by atoms with Crippen molar-refractivity contribution in [2.24, 2.45) is 0 Å². The van der Waals surface area contributed by atoms with Crippen molar-refractivity contribution in [1.29, 1.82) is 0 Å². The molecule has 0 heterocycles. The Balaban J connectivity index is 2.97. The van der Waals surface area contributed by atoms with Crippen LogP contribution in [-0.4, -0.2) is 56.7 Å². The van der Waals surface area contributed by atoms with Crippen LogP contribution in [0.3, 0.4) is 0 Å². The smallest absolute Gasteiger partial charge is 0.339 e. The SMILES string of the molecule is Cc1cc(O)c(C(=O)O)cc1S(=O)(=O)NCCCN(C)C. The summed E-state index contributed by atoms with van der Waals surface area (Å²) in [5.41, 5.74) is -0.146. The number of aromatic carboxylic acids is 1. The van der Waals surface area contributed by atoms with E-state index in [0.29, 0.717) is 6.42 Å². The first kappa shape index (κ1) is 17.4. The molecule has 1 aromatic carbocycles. The number of hydrogen-bond donors (Lipinski definition) is 3. The molecule has 1 aromatic rings. The van der Waals surface area contributed by atoms with Crippen molar-refractivity contribution < 1.29 is 23.4 Å². The number of hydrogen-bond acceptors (Lipinski definition) is 5. The van der Waals surface area contributed by atoms with Crippen molar-refractivity contribution in [2.45, 2.75) is 18.2 Å². The molecule has 0 bridgehead atoms. The summed E-state index contributed by atoms with van der Waals surface area (Å²) in [4.78, 5) is 12.8. The van der Waals surface area contributed by atoms with E-state index in [-0.39, 0.29) is 17.0 Å². The Hall–Kier alpha value is -1.64. The highest BCUT2D eigenvalue weighted by Gasteiger charge is 2.21. The topological polar surface area (TPSA) is 107 Å². The lowest BCUT2D eigenvalue weighted by molar-refractivity contribution is 0.0693.